The molecule has 1 fully saturated rings. The lowest BCUT2D eigenvalue weighted by Gasteiger charge is -2.24. The molecule has 3 heteroatoms. The maximum Gasteiger partial charge on any atom is 0.242 e. The highest BCUT2D eigenvalue weighted by molar-refractivity contribution is 6.30. The van der Waals surface area contributed by atoms with Crippen molar-refractivity contribution in [2.24, 2.45) is 5.92 Å². The van der Waals surface area contributed by atoms with E-state index in [1.807, 2.05) is 30.3 Å². The molecule has 20 heavy (non-hydrogen) atoms. The molecule has 1 saturated carbocycles. The van der Waals surface area contributed by atoms with E-state index in [0.29, 0.717) is 5.92 Å². The monoisotopic (exact) mass is 293 g/mol. The van der Waals surface area contributed by atoms with Crippen molar-refractivity contribution in [3.63, 3.8) is 0 Å². The fraction of sp³-hybridized carbons (Fsp3) is 0.588. The lowest BCUT2D eigenvalue weighted by molar-refractivity contribution is -0.121. The van der Waals surface area contributed by atoms with Gasteiger partial charge in [0.25, 0.3) is 0 Å². The van der Waals surface area contributed by atoms with Gasteiger partial charge in [-0.15, -0.1) is 11.6 Å². The summed E-state index contributed by atoms with van der Waals surface area (Å²) >= 11 is 6.26. The van der Waals surface area contributed by atoms with Crippen molar-refractivity contribution < 1.29 is 4.79 Å². The summed E-state index contributed by atoms with van der Waals surface area (Å²) in [5.74, 6) is 0.524. The number of benzene rings is 1. The lowest BCUT2D eigenvalue weighted by atomic mass is 9.93. The molecule has 1 aliphatic carbocycles. The zero-order chi connectivity index (χ0) is 14.4. The first kappa shape index (κ1) is 15.4. The smallest absolute Gasteiger partial charge is 0.242 e. The molecule has 1 aliphatic rings. The number of carbonyl (C=O) groups is 1. The molecule has 2 atom stereocenters. The largest absolute Gasteiger partial charge is 0.352 e. The number of hydrogen-bond donors (Lipinski definition) is 1. The second kappa shape index (κ2) is 7.68. The molecule has 0 radical (unpaired) electrons. The minimum Gasteiger partial charge on any atom is -0.352 e. The minimum atomic E-state index is -0.593. The van der Waals surface area contributed by atoms with Crippen LogP contribution in [0.1, 0.15) is 56.4 Å². The second-order valence-corrected chi connectivity index (χ2v) is 6.26. The Bertz CT molecular complexity index is 412. The van der Waals surface area contributed by atoms with Gasteiger partial charge in [-0.3, -0.25) is 4.79 Å². The van der Waals surface area contributed by atoms with Gasteiger partial charge < -0.3 is 5.32 Å². The van der Waals surface area contributed by atoms with Crippen LogP contribution in [0.5, 0.6) is 0 Å². The van der Waals surface area contributed by atoms with Crippen LogP contribution in [0.15, 0.2) is 30.3 Å². The van der Waals surface area contributed by atoms with Crippen LogP contribution in [-0.4, -0.2) is 11.9 Å². The van der Waals surface area contributed by atoms with E-state index >= 15 is 0 Å². The molecule has 0 aromatic heterocycles. The normalized spacial score (nSPS) is 19.9. The molecular weight excluding hydrogens is 270 g/mol. The Balaban J connectivity index is 1.89. The first-order chi connectivity index (χ1) is 9.68. The number of nitrogens with one attached hydrogen (secondary N) is 1. The molecule has 0 aliphatic heterocycles. The van der Waals surface area contributed by atoms with Crippen molar-refractivity contribution in [3.05, 3.63) is 35.9 Å². The van der Waals surface area contributed by atoms with Crippen LogP contribution in [0.4, 0.5) is 0 Å². The number of alkyl halides is 1. The predicted octanol–water partition coefficient (Wildman–Crippen LogP) is 4.44. The molecular formula is C17H24ClNO. The van der Waals surface area contributed by atoms with Gasteiger partial charge in [-0.25, -0.2) is 0 Å². The summed E-state index contributed by atoms with van der Waals surface area (Å²) in [5, 5.41) is 2.51. The van der Waals surface area contributed by atoms with E-state index in [2.05, 4.69) is 12.2 Å². The van der Waals surface area contributed by atoms with E-state index in [9.17, 15) is 4.79 Å². The van der Waals surface area contributed by atoms with Gasteiger partial charge in [-0.1, -0.05) is 56.0 Å². The highest BCUT2D eigenvalue weighted by Crippen LogP contribution is 2.26. The molecule has 1 aromatic rings. The zero-order valence-corrected chi connectivity index (χ0v) is 12.9. The van der Waals surface area contributed by atoms with Crippen molar-refractivity contribution in [2.75, 3.05) is 0 Å². The Morgan fingerprint density at radius 1 is 1.15 bits per heavy atom. The first-order valence-electron chi connectivity index (χ1n) is 7.68. The van der Waals surface area contributed by atoms with E-state index in [-0.39, 0.29) is 11.9 Å². The number of carbonyl (C=O) groups excluding carboxylic acids is 1. The summed E-state index contributed by atoms with van der Waals surface area (Å²) in [7, 11) is 0. The van der Waals surface area contributed by atoms with Gasteiger partial charge in [0.05, 0.1) is 0 Å². The van der Waals surface area contributed by atoms with Crippen LogP contribution in [0.3, 0.4) is 0 Å². The van der Waals surface area contributed by atoms with Crippen molar-refractivity contribution in [3.8, 4) is 0 Å². The fourth-order valence-electron chi connectivity index (χ4n) is 3.00. The van der Waals surface area contributed by atoms with E-state index in [1.165, 1.54) is 38.5 Å². The second-order valence-electron chi connectivity index (χ2n) is 5.82. The Kier molecular flexibility index (Phi) is 5.90. The number of halogens is 1. The molecule has 1 aromatic carbocycles. The van der Waals surface area contributed by atoms with Gasteiger partial charge >= 0.3 is 0 Å². The van der Waals surface area contributed by atoms with E-state index in [4.69, 9.17) is 11.6 Å². The van der Waals surface area contributed by atoms with Gasteiger partial charge in [0.2, 0.25) is 5.91 Å². The van der Waals surface area contributed by atoms with Gasteiger partial charge in [-0.2, -0.15) is 0 Å². The standard InChI is InChI=1S/C17H24ClNO/c1-13(14-9-5-2-3-6-10-14)19-17(20)16(18)15-11-7-4-8-12-15/h4,7-8,11-14,16H,2-3,5-6,9-10H2,1H3,(H,19,20)/t13-,16?/m1/s1. The Morgan fingerprint density at radius 3 is 2.35 bits per heavy atom. The van der Waals surface area contributed by atoms with Crippen LogP contribution >= 0.6 is 11.6 Å². The predicted molar refractivity (Wildman–Crippen MR) is 83.8 cm³/mol. The van der Waals surface area contributed by atoms with E-state index < -0.39 is 5.38 Å². The average molecular weight is 294 g/mol. The molecule has 110 valence electrons. The summed E-state index contributed by atoms with van der Waals surface area (Å²) < 4.78 is 0. The first-order valence-corrected chi connectivity index (χ1v) is 8.11. The third-order valence-corrected chi connectivity index (χ3v) is 4.75. The van der Waals surface area contributed by atoms with Crippen LogP contribution in [-0.2, 0) is 4.79 Å². The zero-order valence-electron chi connectivity index (χ0n) is 12.1. The Hall–Kier alpha value is -1.02. The fourth-order valence-corrected chi connectivity index (χ4v) is 3.21. The van der Waals surface area contributed by atoms with Gasteiger partial charge in [0, 0.05) is 6.04 Å². The van der Waals surface area contributed by atoms with Crippen molar-refractivity contribution >= 4 is 17.5 Å². The average Bonchev–Trinajstić information content (AvgIpc) is 2.76. The topological polar surface area (TPSA) is 29.1 Å². The van der Waals surface area contributed by atoms with Crippen LogP contribution in [0.2, 0.25) is 0 Å². The van der Waals surface area contributed by atoms with Crippen molar-refractivity contribution in [2.45, 2.75) is 56.9 Å². The minimum absolute atomic E-state index is 0.0744. The number of hydrogen-bond acceptors (Lipinski definition) is 1. The quantitative estimate of drug-likeness (QED) is 0.645. The molecule has 2 nitrogen and oxygen atoms in total. The third kappa shape index (κ3) is 4.24. The molecule has 1 amide bonds. The highest BCUT2D eigenvalue weighted by Gasteiger charge is 2.24. The van der Waals surface area contributed by atoms with Crippen LogP contribution < -0.4 is 5.32 Å². The molecule has 0 bridgehead atoms. The highest BCUT2D eigenvalue weighted by atomic mass is 35.5. The molecule has 2 rings (SSSR count). The van der Waals surface area contributed by atoms with Crippen molar-refractivity contribution in [1.29, 1.82) is 0 Å². The Labute approximate surface area is 126 Å². The summed E-state index contributed by atoms with van der Waals surface area (Å²) in [6.45, 7) is 2.11. The maximum atomic E-state index is 12.2. The van der Waals surface area contributed by atoms with Crippen molar-refractivity contribution in [1.82, 2.24) is 5.32 Å². The summed E-state index contributed by atoms with van der Waals surface area (Å²) in [4.78, 5) is 12.2. The van der Waals surface area contributed by atoms with Gasteiger partial charge in [0.1, 0.15) is 5.38 Å². The third-order valence-electron chi connectivity index (χ3n) is 4.30. The van der Waals surface area contributed by atoms with Gasteiger partial charge in [-0.05, 0) is 31.2 Å². The van der Waals surface area contributed by atoms with E-state index in [0.717, 1.165) is 5.56 Å². The SMILES string of the molecule is C[C@@H](NC(=O)C(Cl)c1ccccc1)C1CCCCCC1. The maximum absolute atomic E-state index is 12.2. The summed E-state index contributed by atoms with van der Waals surface area (Å²) in [5.41, 5.74) is 0.861. The summed E-state index contributed by atoms with van der Waals surface area (Å²) in [6.07, 6.45) is 7.68. The number of rotatable bonds is 4. The molecule has 0 saturated heterocycles. The molecule has 1 N–H and O–H groups in total. The molecule has 1 unspecified atom stereocenters. The summed E-state index contributed by atoms with van der Waals surface area (Å²) in [6, 6.07) is 9.75. The lowest BCUT2D eigenvalue weighted by Crippen LogP contribution is -2.39. The number of amides is 1. The Morgan fingerprint density at radius 2 is 1.75 bits per heavy atom. The molecule has 0 heterocycles. The van der Waals surface area contributed by atoms with E-state index in [1.54, 1.807) is 0 Å². The van der Waals surface area contributed by atoms with Crippen LogP contribution in [0.25, 0.3) is 0 Å². The van der Waals surface area contributed by atoms with Gasteiger partial charge in [0.15, 0.2) is 0 Å². The van der Waals surface area contributed by atoms with Crippen LogP contribution in [0, 0.1) is 5.92 Å². The molecule has 0 spiro atoms.